The number of hydrogen-bond donors (Lipinski definition) is 0. The Kier molecular flexibility index (Phi) is 5.74. The van der Waals surface area contributed by atoms with Crippen molar-refractivity contribution in [3.8, 4) is 34.6 Å². The van der Waals surface area contributed by atoms with E-state index in [1.54, 1.807) is 39.5 Å². The van der Waals surface area contributed by atoms with Gasteiger partial charge in [0.25, 0.3) is 0 Å². The average Bonchev–Trinajstić information content (AvgIpc) is 3.22. The molecule has 0 aliphatic carbocycles. The van der Waals surface area contributed by atoms with E-state index in [1.165, 1.54) is 11.3 Å². The minimum atomic E-state index is 0.452. The second-order valence-electron chi connectivity index (χ2n) is 5.52. The summed E-state index contributed by atoms with van der Waals surface area (Å²) < 4.78 is 16.1. The molecule has 0 aliphatic heterocycles. The van der Waals surface area contributed by atoms with E-state index < -0.39 is 0 Å². The van der Waals surface area contributed by atoms with Crippen LogP contribution in [0.2, 0.25) is 0 Å². The molecule has 0 fully saturated rings. The highest BCUT2D eigenvalue weighted by molar-refractivity contribution is 7.11. The summed E-state index contributed by atoms with van der Waals surface area (Å²) in [6.45, 7) is 0. The standard InChI is InChI=1S/C21H18N2O3S/c1-24-18-11-20(26-3)19(25-2)10-15(18)9-16(12-22)21-23-17(13-27-21)14-7-5-4-6-8-14/h4-11,13H,1-3H3/b16-9-. The van der Waals surface area contributed by atoms with E-state index in [-0.39, 0.29) is 0 Å². The minimum Gasteiger partial charge on any atom is -0.496 e. The van der Waals surface area contributed by atoms with Crippen LogP contribution in [-0.2, 0) is 0 Å². The van der Waals surface area contributed by atoms with Crippen molar-refractivity contribution in [2.75, 3.05) is 21.3 Å². The van der Waals surface area contributed by atoms with Gasteiger partial charge in [-0.05, 0) is 12.1 Å². The predicted molar refractivity (Wildman–Crippen MR) is 107 cm³/mol. The summed E-state index contributed by atoms with van der Waals surface area (Å²) in [4.78, 5) is 4.61. The first-order valence-electron chi connectivity index (χ1n) is 8.13. The van der Waals surface area contributed by atoms with Crippen LogP contribution in [0.1, 0.15) is 10.6 Å². The quantitative estimate of drug-likeness (QED) is 0.571. The van der Waals surface area contributed by atoms with Crippen LogP contribution in [0.25, 0.3) is 22.9 Å². The number of nitriles is 1. The topological polar surface area (TPSA) is 64.4 Å². The third kappa shape index (κ3) is 3.94. The lowest BCUT2D eigenvalue weighted by Crippen LogP contribution is -1.95. The Bertz CT molecular complexity index is 1000. The summed E-state index contributed by atoms with van der Waals surface area (Å²) in [6.07, 6.45) is 1.74. The Hall–Kier alpha value is -3.30. The van der Waals surface area contributed by atoms with Crippen LogP contribution in [0.3, 0.4) is 0 Å². The van der Waals surface area contributed by atoms with E-state index in [0.717, 1.165) is 11.3 Å². The van der Waals surface area contributed by atoms with Crippen LogP contribution < -0.4 is 14.2 Å². The second kappa shape index (κ2) is 8.39. The molecule has 136 valence electrons. The first-order chi connectivity index (χ1) is 13.2. The highest BCUT2D eigenvalue weighted by Crippen LogP contribution is 2.37. The number of ether oxygens (including phenoxy) is 3. The Morgan fingerprint density at radius 3 is 2.30 bits per heavy atom. The molecule has 1 aromatic heterocycles. The molecule has 6 heteroatoms. The van der Waals surface area contributed by atoms with Gasteiger partial charge in [-0.25, -0.2) is 4.98 Å². The molecule has 5 nitrogen and oxygen atoms in total. The SMILES string of the molecule is COc1cc(OC)c(OC)cc1/C=C(/C#N)c1nc(-c2ccccc2)cs1. The van der Waals surface area contributed by atoms with E-state index in [4.69, 9.17) is 14.2 Å². The number of hydrogen-bond acceptors (Lipinski definition) is 6. The molecule has 0 N–H and O–H groups in total. The van der Waals surface area contributed by atoms with Gasteiger partial charge in [-0.2, -0.15) is 5.26 Å². The van der Waals surface area contributed by atoms with Crippen molar-refractivity contribution < 1.29 is 14.2 Å². The van der Waals surface area contributed by atoms with E-state index in [0.29, 0.717) is 33.4 Å². The van der Waals surface area contributed by atoms with Gasteiger partial charge in [-0.15, -0.1) is 11.3 Å². The van der Waals surface area contributed by atoms with Crippen molar-refractivity contribution in [3.05, 3.63) is 58.4 Å². The van der Waals surface area contributed by atoms with Crippen molar-refractivity contribution in [3.63, 3.8) is 0 Å². The number of thiazole rings is 1. The molecule has 3 rings (SSSR count). The number of rotatable bonds is 6. The number of benzene rings is 2. The summed E-state index contributed by atoms with van der Waals surface area (Å²) >= 11 is 1.43. The Labute approximate surface area is 162 Å². The van der Waals surface area contributed by atoms with E-state index in [9.17, 15) is 5.26 Å². The molecule has 0 saturated carbocycles. The summed E-state index contributed by atoms with van der Waals surface area (Å²) in [7, 11) is 4.70. The Morgan fingerprint density at radius 2 is 1.67 bits per heavy atom. The molecule has 0 atom stereocenters. The smallest absolute Gasteiger partial charge is 0.164 e. The molecule has 0 bridgehead atoms. The molecule has 0 radical (unpaired) electrons. The maximum Gasteiger partial charge on any atom is 0.164 e. The molecule has 3 aromatic rings. The van der Waals surface area contributed by atoms with Gasteiger partial charge in [0.15, 0.2) is 11.5 Å². The van der Waals surface area contributed by atoms with Crippen molar-refractivity contribution in [1.29, 1.82) is 5.26 Å². The van der Waals surface area contributed by atoms with Gasteiger partial charge in [-0.3, -0.25) is 0 Å². The van der Waals surface area contributed by atoms with E-state index >= 15 is 0 Å². The van der Waals surface area contributed by atoms with Gasteiger partial charge in [0.05, 0.1) is 32.6 Å². The lowest BCUT2D eigenvalue weighted by atomic mass is 10.1. The van der Waals surface area contributed by atoms with Gasteiger partial charge < -0.3 is 14.2 Å². The van der Waals surface area contributed by atoms with Gasteiger partial charge in [0, 0.05) is 22.6 Å². The number of methoxy groups -OCH3 is 3. The van der Waals surface area contributed by atoms with Gasteiger partial charge in [0.1, 0.15) is 16.8 Å². The van der Waals surface area contributed by atoms with Crippen LogP contribution in [0.4, 0.5) is 0 Å². The largest absolute Gasteiger partial charge is 0.496 e. The first-order valence-corrected chi connectivity index (χ1v) is 9.01. The third-order valence-electron chi connectivity index (χ3n) is 3.96. The highest BCUT2D eigenvalue weighted by atomic mass is 32.1. The van der Waals surface area contributed by atoms with Crippen LogP contribution in [0.5, 0.6) is 17.2 Å². The Balaban J connectivity index is 2.03. The molecule has 0 unspecified atom stereocenters. The molecule has 27 heavy (non-hydrogen) atoms. The van der Waals surface area contributed by atoms with Crippen molar-refractivity contribution >= 4 is 23.0 Å². The minimum absolute atomic E-state index is 0.452. The lowest BCUT2D eigenvalue weighted by molar-refractivity contribution is 0.348. The zero-order valence-electron chi connectivity index (χ0n) is 15.2. The summed E-state index contributed by atoms with van der Waals surface area (Å²) in [6, 6.07) is 15.6. The van der Waals surface area contributed by atoms with Crippen LogP contribution in [0.15, 0.2) is 47.8 Å². The fraction of sp³-hybridized carbons (Fsp3) is 0.143. The second-order valence-corrected chi connectivity index (χ2v) is 6.38. The van der Waals surface area contributed by atoms with Crippen molar-refractivity contribution in [2.24, 2.45) is 0 Å². The van der Waals surface area contributed by atoms with Crippen LogP contribution >= 0.6 is 11.3 Å². The van der Waals surface area contributed by atoms with Gasteiger partial charge in [0.2, 0.25) is 0 Å². The van der Waals surface area contributed by atoms with E-state index in [1.807, 2.05) is 35.7 Å². The fourth-order valence-corrected chi connectivity index (χ4v) is 3.40. The Morgan fingerprint density at radius 1 is 1.00 bits per heavy atom. The summed E-state index contributed by atoms with van der Waals surface area (Å²) in [5.41, 5.74) is 3.02. The van der Waals surface area contributed by atoms with Crippen molar-refractivity contribution in [1.82, 2.24) is 4.98 Å². The molecule has 2 aromatic carbocycles. The van der Waals surface area contributed by atoms with Gasteiger partial charge in [-0.1, -0.05) is 30.3 Å². The van der Waals surface area contributed by atoms with E-state index in [2.05, 4.69) is 11.1 Å². The average molecular weight is 378 g/mol. The summed E-state index contributed by atoms with van der Waals surface area (Å²) in [5, 5.41) is 12.3. The summed E-state index contributed by atoms with van der Waals surface area (Å²) in [5.74, 6) is 1.71. The maximum absolute atomic E-state index is 9.66. The maximum atomic E-state index is 9.66. The van der Waals surface area contributed by atoms with Gasteiger partial charge >= 0.3 is 0 Å². The lowest BCUT2D eigenvalue weighted by Gasteiger charge is -2.12. The highest BCUT2D eigenvalue weighted by Gasteiger charge is 2.14. The normalized spacial score (nSPS) is 11.0. The molecule has 0 amide bonds. The zero-order chi connectivity index (χ0) is 19.2. The third-order valence-corrected chi connectivity index (χ3v) is 4.84. The monoisotopic (exact) mass is 378 g/mol. The number of aromatic nitrogens is 1. The van der Waals surface area contributed by atoms with Crippen LogP contribution in [0, 0.1) is 11.3 Å². The molecule has 0 spiro atoms. The number of allylic oxidation sites excluding steroid dienone is 1. The van der Waals surface area contributed by atoms with Crippen LogP contribution in [-0.4, -0.2) is 26.3 Å². The first kappa shape index (κ1) is 18.5. The molecule has 0 aliphatic rings. The zero-order valence-corrected chi connectivity index (χ0v) is 16.0. The molecule has 0 saturated heterocycles. The molecular weight excluding hydrogens is 360 g/mol. The fourth-order valence-electron chi connectivity index (χ4n) is 2.60. The van der Waals surface area contributed by atoms with Crippen molar-refractivity contribution in [2.45, 2.75) is 0 Å². The molecular formula is C21H18N2O3S. The number of nitrogens with zero attached hydrogens (tertiary/aromatic N) is 2. The molecule has 1 heterocycles. The predicted octanol–water partition coefficient (Wildman–Crippen LogP) is 4.90.